The molecule has 0 aromatic rings. The van der Waals surface area contributed by atoms with Gasteiger partial charge in [0.1, 0.15) is 0 Å². The molecule has 0 aromatic carbocycles. The molecule has 1 rings (SSSR count). The van der Waals surface area contributed by atoms with E-state index in [1.54, 1.807) is 0 Å². The minimum atomic E-state index is -0.0984. The molecule has 0 bridgehead atoms. The lowest BCUT2D eigenvalue weighted by Gasteiger charge is -2.41. The third-order valence-corrected chi connectivity index (χ3v) is 3.51. The van der Waals surface area contributed by atoms with Gasteiger partial charge in [-0.15, -0.1) is 0 Å². The lowest BCUT2D eigenvalue weighted by atomic mass is 9.67. The van der Waals surface area contributed by atoms with E-state index in [-0.39, 0.29) is 18.1 Å². The first-order valence-electron chi connectivity index (χ1n) is 6.46. The Kier molecular flexibility index (Phi) is 6.05. The fourth-order valence-corrected chi connectivity index (χ4v) is 2.20. The molecule has 0 aliphatic heterocycles. The number of hydrogen-bond acceptors (Lipinski definition) is 2. The quantitative estimate of drug-likeness (QED) is 0.469. The average Bonchev–Trinajstić information content (AvgIpc) is 2.28. The minimum absolute atomic E-state index is 0.0984. The maximum absolute atomic E-state index is 11.5. The van der Waals surface area contributed by atoms with E-state index >= 15 is 0 Å². The van der Waals surface area contributed by atoms with E-state index in [1.165, 1.54) is 6.42 Å². The van der Waals surface area contributed by atoms with Gasteiger partial charge in [-0.25, -0.2) is 4.79 Å². The molecule has 1 saturated carbocycles. The van der Waals surface area contributed by atoms with Crippen LogP contribution in [-0.4, -0.2) is 30.8 Å². The molecule has 0 heterocycles. The summed E-state index contributed by atoms with van der Waals surface area (Å²) in [6.45, 7) is 3.53. The average molecular weight is 240 g/mol. The largest absolute Gasteiger partial charge is 0.396 e. The zero-order chi connectivity index (χ0) is 12.6. The zero-order valence-electron chi connectivity index (χ0n) is 10.7. The number of allylic oxidation sites excluding steroid dienone is 1. The first-order chi connectivity index (χ1) is 8.22. The summed E-state index contributed by atoms with van der Waals surface area (Å²) in [6.07, 6.45) is 9.12. The highest BCUT2D eigenvalue weighted by Gasteiger charge is 2.36. The Morgan fingerprint density at radius 2 is 2.18 bits per heavy atom. The number of carbonyl (C=O) groups excluding carboxylic acids is 1. The summed E-state index contributed by atoms with van der Waals surface area (Å²) in [4.78, 5) is 11.5. The van der Waals surface area contributed by atoms with Crippen LogP contribution >= 0.6 is 0 Å². The Morgan fingerprint density at radius 3 is 2.71 bits per heavy atom. The third-order valence-electron chi connectivity index (χ3n) is 3.51. The molecule has 0 aromatic heterocycles. The molecule has 0 radical (unpaired) electrons. The second kappa shape index (κ2) is 7.33. The molecule has 0 spiro atoms. The van der Waals surface area contributed by atoms with E-state index in [2.05, 4.69) is 10.6 Å². The van der Waals surface area contributed by atoms with Gasteiger partial charge < -0.3 is 15.7 Å². The van der Waals surface area contributed by atoms with Gasteiger partial charge in [0.25, 0.3) is 0 Å². The van der Waals surface area contributed by atoms with Crippen molar-refractivity contribution in [2.24, 2.45) is 5.41 Å². The molecule has 0 atom stereocenters. The van der Waals surface area contributed by atoms with Crippen LogP contribution in [0.5, 0.6) is 0 Å². The maximum atomic E-state index is 11.5. The summed E-state index contributed by atoms with van der Waals surface area (Å²) >= 11 is 0. The summed E-state index contributed by atoms with van der Waals surface area (Å²) in [5, 5.41) is 14.7. The van der Waals surface area contributed by atoms with Gasteiger partial charge in [-0.05, 0) is 38.0 Å². The summed E-state index contributed by atoms with van der Waals surface area (Å²) in [7, 11) is 0. The molecule has 4 heteroatoms. The van der Waals surface area contributed by atoms with Crippen LogP contribution in [0, 0.1) is 5.41 Å². The van der Waals surface area contributed by atoms with Crippen molar-refractivity contribution in [1.29, 1.82) is 0 Å². The highest BCUT2D eigenvalue weighted by Crippen LogP contribution is 2.42. The molecule has 17 heavy (non-hydrogen) atoms. The van der Waals surface area contributed by atoms with Gasteiger partial charge in [-0.2, -0.15) is 0 Å². The summed E-state index contributed by atoms with van der Waals surface area (Å²) in [6, 6.07) is -0.0984. The predicted octanol–water partition coefficient (Wildman–Crippen LogP) is 1.80. The molecule has 1 fully saturated rings. The van der Waals surface area contributed by atoms with Crippen LogP contribution in [0.3, 0.4) is 0 Å². The molecular formula is C13H24N2O2. The third kappa shape index (κ3) is 4.77. The van der Waals surface area contributed by atoms with Crippen molar-refractivity contribution in [3.05, 3.63) is 12.2 Å². The van der Waals surface area contributed by atoms with Gasteiger partial charge in [-0.1, -0.05) is 18.6 Å². The lowest BCUT2D eigenvalue weighted by Crippen LogP contribution is -2.46. The second-order valence-electron chi connectivity index (χ2n) is 4.79. The van der Waals surface area contributed by atoms with Gasteiger partial charge in [0.15, 0.2) is 0 Å². The van der Waals surface area contributed by atoms with Crippen molar-refractivity contribution in [1.82, 2.24) is 10.6 Å². The van der Waals surface area contributed by atoms with Crippen molar-refractivity contribution in [3.8, 4) is 0 Å². The van der Waals surface area contributed by atoms with Gasteiger partial charge >= 0.3 is 6.03 Å². The van der Waals surface area contributed by atoms with Crippen molar-refractivity contribution in [3.63, 3.8) is 0 Å². The van der Waals surface area contributed by atoms with Crippen LogP contribution < -0.4 is 10.6 Å². The monoisotopic (exact) mass is 240 g/mol. The van der Waals surface area contributed by atoms with Crippen LogP contribution in [-0.2, 0) is 0 Å². The summed E-state index contributed by atoms with van der Waals surface area (Å²) in [5.41, 5.74) is 0.162. The maximum Gasteiger partial charge on any atom is 0.314 e. The fourth-order valence-electron chi connectivity index (χ4n) is 2.20. The van der Waals surface area contributed by atoms with E-state index in [9.17, 15) is 4.79 Å². The highest BCUT2D eigenvalue weighted by molar-refractivity contribution is 5.73. The smallest absolute Gasteiger partial charge is 0.314 e. The Labute approximate surface area is 103 Å². The molecule has 1 aliphatic rings. The number of nitrogens with one attached hydrogen (secondary N) is 2. The van der Waals surface area contributed by atoms with E-state index in [0.717, 1.165) is 25.7 Å². The van der Waals surface area contributed by atoms with Gasteiger partial charge in [0, 0.05) is 19.7 Å². The predicted molar refractivity (Wildman–Crippen MR) is 68.8 cm³/mol. The fraction of sp³-hybridized carbons (Fsp3) is 0.769. The number of aliphatic hydroxyl groups is 1. The van der Waals surface area contributed by atoms with E-state index in [0.29, 0.717) is 13.1 Å². The van der Waals surface area contributed by atoms with Crippen molar-refractivity contribution < 1.29 is 9.90 Å². The minimum Gasteiger partial charge on any atom is -0.396 e. The van der Waals surface area contributed by atoms with E-state index in [4.69, 9.17) is 5.11 Å². The molecule has 2 amide bonds. The molecule has 0 saturated heterocycles. The SMILES string of the molecule is C/C=C/CCNC(=O)NCC1(CCO)CCC1. The van der Waals surface area contributed by atoms with Gasteiger partial charge in [-0.3, -0.25) is 0 Å². The number of urea groups is 1. The van der Waals surface area contributed by atoms with E-state index in [1.807, 2.05) is 19.1 Å². The van der Waals surface area contributed by atoms with Gasteiger partial charge in [0.2, 0.25) is 0 Å². The molecular weight excluding hydrogens is 216 g/mol. The lowest BCUT2D eigenvalue weighted by molar-refractivity contribution is 0.0885. The highest BCUT2D eigenvalue weighted by atomic mass is 16.3. The van der Waals surface area contributed by atoms with Crippen LogP contribution in [0.4, 0.5) is 4.79 Å². The van der Waals surface area contributed by atoms with Crippen LogP contribution in [0.2, 0.25) is 0 Å². The molecule has 1 aliphatic carbocycles. The van der Waals surface area contributed by atoms with Crippen LogP contribution in [0.15, 0.2) is 12.2 Å². The Bertz CT molecular complexity index is 260. The van der Waals surface area contributed by atoms with Crippen molar-refractivity contribution in [2.75, 3.05) is 19.7 Å². The van der Waals surface area contributed by atoms with E-state index < -0.39 is 0 Å². The molecule has 3 N–H and O–H groups in total. The number of aliphatic hydroxyl groups excluding tert-OH is 1. The first-order valence-corrected chi connectivity index (χ1v) is 6.46. The van der Waals surface area contributed by atoms with Crippen molar-refractivity contribution in [2.45, 2.75) is 39.0 Å². The summed E-state index contributed by atoms with van der Waals surface area (Å²) < 4.78 is 0. The van der Waals surface area contributed by atoms with Crippen LogP contribution in [0.25, 0.3) is 0 Å². The number of rotatable bonds is 7. The Morgan fingerprint density at radius 1 is 1.41 bits per heavy atom. The van der Waals surface area contributed by atoms with Crippen molar-refractivity contribution >= 4 is 6.03 Å². The number of carbonyl (C=O) groups is 1. The molecule has 4 nitrogen and oxygen atoms in total. The first kappa shape index (κ1) is 14.0. The Hall–Kier alpha value is -1.03. The summed E-state index contributed by atoms with van der Waals surface area (Å²) in [5.74, 6) is 0. The number of hydrogen-bond donors (Lipinski definition) is 3. The van der Waals surface area contributed by atoms with Gasteiger partial charge in [0.05, 0.1) is 0 Å². The van der Waals surface area contributed by atoms with Crippen LogP contribution in [0.1, 0.15) is 39.0 Å². The Balaban J connectivity index is 2.14. The zero-order valence-corrected chi connectivity index (χ0v) is 10.7. The normalized spacial score (nSPS) is 17.8. The topological polar surface area (TPSA) is 61.4 Å². The molecule has 98 valence electrons. The molecule has 0 unspecified atom stereocenters. The number of amides is 2. The standard InChI is InChI=1S/C13H24N2O2/c1-2-3-4-9-14-12(17)15-11-13(8-10-16)6-5-7-13/h2-3,16H,4-11H2,1H3,(H2,14,15,17)/b3-2+. The second-order valence-corrected chi connectivity index (χ2v) is 4.79.